The minimum absolute atomic E-state index is 0.0442. The largest absolute Gasteiger partial charge is 0.395 e. The summed E-state index contributed by atoms with van der Waals surface area (Å²) in [6, 6.07) is 5.65. The fraction of sp³-hybridized carbons (Fsp3) is 0.682. The predicted octanol–water partition coefficient (Wildman–Crippen LogP) is 4.39. The third-order valence-corrected chi connectivity index (χ3v) is 18.4. The number of aliphatic hydroxyl groups is 2. The van der Waals surface area contributed by atoms with Crippen molar-refractivity contribution >= 4 is 86.4 Å². The first-order chi connectivity index (χ1) is 30.4. The van der Waals surface area contributed by atoms with E-state index in [4.69, 9.17) is 13.8 Å². The number of ether oxygens (including phenoxy) is 1. The SMILES string of the molecule is CC(C)(CO)C(=O)SCCOP(=O)(Cc1ccc2sc(C(=O)N[C@H]3C[C@@H]4C[C@@H]4C[C@H]4CC[C@@H](C(=O)N5CC(C(=O)N6CCOCC6)C5)N4C3=O)cc2c1)OCCSC(=O)C(C)(C)CO. The van der Waals surface area contributed by atoms with Gasteiger partial charge in [-0.2, -0.15) is 0 Å². The number of amides is 4. The highest BCUT2D eigenvalue weighted by atomic mass is 32.2. The zero-order valence-electron chi connectivity index (χ0n) is 37.0. The van der Waals surface area contributed by atoms with Crippen LogP contribution in [-0.2, 0) is 48.5 Å². The number of carbonyl (C=O) groups excluding carboxylic acids is 6. The molecule has 1 aromatic carbocycles. The van der Waals surface area contributed by atoms with Crippen LogP contribution in [-0.4, -0.2) is 154 Å². The molecule has 1 aromatic heterocycles. The van der Waals surface area contributed by atoms with Crippen LogP contribution in [0.15, 0.2) is 24.3 Å². The molecule has 3 N–H and O–H groups in total. The second-order valence-electron chi connectivity index (χ2n) is 18.9. The van der Waals surface area contributed by atoms with Crippen molar-refractivity contribution in [1.82, 2.24) is 20.0 Å². The number of hydrogen-bond acceptors (Lipinski definition) is 15. The van der Waals surface area contributed by atoms with Crippen LogP contribution in [0.1, 0.15) is 75.0 Å². The summed E-state index contributed by atoms with van der Waals surface area (Å²) in [5, 5.41) is 22.4. The highest BCUT2D eigenvalue weighted by Gasteiger charge is 2.53. The maximum absolute atomic E-state index is 14.4. The van der Waals surface area contributed by atoms with E-state index < -0.39 is 36.4 Å². The van der Waals surface area contributed by atoms with E-state index >= 15 is 0 Å². The van der Waals surface area contributed by atoms with Crippen LogP contribution < -0.4 is 5.32 Å². The Morgan fingerprint density at radius 2 is 1.48 bits per heavy atom. The molecule has 20 heteroatoms. The quantitative estimate of drug-likeness (QED) is 0.140. The summed E-state index contributed by atoms with van der Waals surface area (Å²) in [4.78, 5) is 86.1. The number of nitrogens with zero attached hydrogens (tertiary/aromatic N) is 3. The summed E-state index contributed by atoms with van der Waals surface area (Å²) in [5.41, 5.74) is -1.28. The van der Waals surface area contributed by atoms with Gasteiger partial charge in [0.15, 0.2) is 10.2 Å². The molecule has 5 heterocycles. The maximum Gasteiger partial charge on any atom is 0.335 e. The average Bonchev–Trinajstić information content (AvgIpc) is 3.61. The Morgan fingerprint density at radius 3 is 2.11 bits per heavy atom. The molecular formula is C44H61N4O12PS3. The van der Waals surface area contributed by atoms with Crippen molar-refractivity contribution in [2.75, 3.05) is 77.3 Å². The van der Waals surface area contributed by atoms with Crippen LogP contribution in [0.4, 0.5) is 0 Å². The van der Waals surface area contributed by atoms with Crippen LogP contribution in [0.5, 0.6) is 0 Å². The van der Waals surface area contributed by atoms with E-state index in [9.17, 15) is 43.5 Å². The summed E-state index contributed by atoms with van der Waals surface area (Å²) < 4.78 is 32.1. The number of benzene rings is 1. The lowest BCUT2D eigenvalue weighted by atomic mass is 9.96. The lowest BCUT2D eigenvalue weighted by Crippen LogP contribution is -2.62. The molecule has 2 aromatic rings. The number of morpholine rings is 1. The van der Waals surface area contributed by atoms with Crippen LogP contribution in [0.3, 0.4) is 0 Å². The molecule has 4 saturated heterocycles. The van der Waals surface area contributed by atoms with Gasteiger partial charge in [0.2, 0.25) is 17.7 Å². The molecule has 0 bridgehead atoms. The first-order valence-corrected chi connectivity index (χ1v) is 26.7. The minimum atomic E-state index is -3.84. The van der Waals surface area contributed by atoms with Crippen molar-refractivity contribution in [2.45, 2.75) is 84.1 Å². The first kappa shape index (κ1) is 49.0. The zero-order chi connectivity index (χ0) is 46.0. The maximum atomic E-state index is 14.4. The lowest BCUT2D eigenvalue weighted by molar-refractivity contribution is -0.156. The third-order valence-electron chi connectivity index (χ3n) is 13.0. The lowest BCUT2D eigenvalue weighted by Gasteiger charge is -2.44. The topological polar surface area (TPSA) is 209 Å². The van der Waals surface area contributed by atoms with Gasteiger partial charge < -0.3 is 44.0 Å². The van der Waals surface area contributed by atoms with E-state index in [-0.39, 0.29) is 84.0 Å². The minimum Gasteiger partial charge on any atom is -0.395 e. The molecule has 1 aliphatic carbocycles. The first-order valence-electron chi connectivity index (χ1n) is 22.2. The Bertz CT molecular complexity index is 2100. The van der Waals surface area contributed by atoms with Crippen LogP contribution in [0, 0.1) is 28.6 Å². The Morgan fingerprint density at radius 1 is 0.859 bits per heavy atom. The van der Waals surface area contributed by atoms with Crippen molar-refractivity contribution < 1.29 is 57.3 Å². The van der Waals surface area contributed by atoms with Gasteiger partial charge in [-0.05, 0) is 101 Å². The van der Waals surface area contributed by atoms with E-state index in [1.165, 1.54) is 11.3 Å². The van der Waals surface area contributed by atoms with Gasteiger partial charge in [0.1, 0.15) is 12.1 Å². The van der Waals surface area contributed by atoms with Crippen molar-refractivity contribution in [1.29, 1.82) is 0 Å². The number of aliphatic hydroxyl groups excluding tert-OH is 2. The molecule has 5 fully saturated rings. The van der Waals surface area contributed by atoms with Gasteiger partial charge in [0.05, 0.1) is 67.4 Å². The number of hydrogen-bond donors (Lipinski definition) is 3. The van der Waals surface area contributed by atoms with Crippen molar-refractivity contribution in [3.63, 3.8) is 0 Å². The number of likely N-dealkylation sites (tertiary alicyclic amines) is 1. The van der Waals surface area contributed by atoms with E-state index in [1.54, 1.807) is 54.5 Å². The third kappa shape index (κ3) is 11.4. The molecule has 5 atom stereocenters. The molecular weight excluding hydrogens is 904 g/mol. The van der Waals surface area contributed by atoms with Crippen molar-refractivity contribution in [2.24, 2.45) is 28.6 Å². The van der Waals surface area contributed by atoms with Gasteiger partial charge in [-0.15, -0.1) is 11.3 Å². The molecule has 352 valence electrons. The van der Waals surface area contributed by atoms with Gasteiger partial charge in [-0.25, -0.2) is 0 Å². The van der Waals surface area contributed by atoms with Crippen molar-refractivity contribution in [3.8, 4) is 0 Å². The van der Waals surface area contributed by atoms with E-state index in [0.717, 1.165) is 52.9 Å². The monoisotopic (exact) mass is 964 g/mol. The smallest absolute Gasteiger partial charge is 0.335 e. The number of fused-ring (bicyclic) bond motifs is 3. The fourth-order valence-electron chi connectivity index (χ4n) is 8.72. The summed E-state index contributed by atoms with van der Waals surface area (Å²) in [6.07, 6.45) is 3.49. The molecule has 4 aliphatic heterocycles. The second-order valence-corrected chi connectivity index (χ2v) is 24.2. The summed E-state index contributed by atoms with van der Waals surface area (Å²) >= 11 is 3.20. The van der Waals surface area contributed by atoms with Gasteiger partial charge in [0, 0.05) is 48.4 Å². The van der Waals surface area contributed by atoms with Crippen LogP contribution >= 0.6 is 42.5 Å². The summed E-state index contributed by atoms with van der Waals surface area (Å²) in [7, 11) is -3.84. The Hall–Kier alpha value is -2.87. The van der Waals surface area contributed by atoms with Gasteiger partial charge in [-0.1, -0.05) is 29.6 Å². The van der Waals surface area contributed by atoms with E-state index in [2.05, 4.69) is 5.32 Å². The standard InChI is InChI=1S/C44H61N4O12PS3/c1-43(2,25-49)41(55)62-15-13-59-61(57,60-14-16-63-42(56)44(3,4)26-50)24-27-5-8-35-30(17-27)21-36(64-35)37(51)45-33-20-29-18-28(29)19-32-6-7-34(48(32)39(33)53)40(54)47-22-31(23-47)38(52)46-9-11-58-12-10-46/h5,8,17,21,28-29,31-34,49-50H,6-7,9-16,18-20,22-26H2,1-4H3,(H,45,51)/t28-,29+,32-,33+,34+/m1/s1. The van der Waals surface area contributed by atoms with Crippen LogP contribution in [0.25, 0.3) is 10.1 Å². The molecule has 5 aliphatic rings. The number of thiophene rings is 1. The zero-order valence-corrected chi connectivity index (χ0v) is 40.3. The molecule has 16 nitrogen and oxygen atoms in total. The van der Waals surface area contributed by atoms with Gasteiger partial charge in [-0.3, -0.25) is 33.3 Å². The molecule has 0 unspecified atom stereocenters. The van der Waals surface area contributed by atoms with E-state index in [0.29, 0.717) is 74.5 Å². The highest BCUT2D eigenvalue weighted by Crippen LogP contribution is 2.52. The summed E-state index contributed by atoms with van der Waals surface area (Å²) in [5.74, 6) is 0.155. The molecule has 0 spiro atoms. The van der Waals surface area contributed by atoms with Crippen molar-refractivity contribution in [3.05, 3.63) is 34.7 Å². The molecule has 4 amide bonds. The Labute approximate surface area is 386 Å². The Balaban J connectivity index is 0.992. The fourth-order valence-corrected chi connectivity index (χ4v) is 13.2. The number of thioether (sulfide) groups is 2. The highest BCUT2D eigenvalue weighted by molar-refractivity contribution is 8.14. The molecule has 7 rings (SSSR count). The number of nitrogens with one attached hydrogen (secondary N) is 1. The number of carbonyl (C=O) groups is 6. The molecule has 1 saturated carbocycles. The Kier molecular flexibility index (Phi) is 15.8. The molecule has 0 radical (unpaired) electrons. The second kappa shape index (κ2) is 20.6. The van der Waals surface area contributed by atoms with Crippen LogP contribution in [0.2, 0.25) is 0 Å². The van der Waals surface area contributed by atoms with Gasteiger partial charge >= 0.3 is 7.60 Å². The van der Waals surface area contributed by atoms with Gasteiger partial charge in [0.25, 0.3) is 5.91 Å². The average molecular weight is 965 g/mol. The van der Waals surface area contributed by atoms with E-state index in [1.807, 2.05) is 12.1 Å². The number of rotatable bonds is 18. The molecule has 64 heavy (non-hydrogen) atoms. The summed E-state index contributed by atoms with van der Waals surface area (Å²) in [6.45, 7) is 8.56. The predicted molar refractivity (Wildman–Crippen MR) is 245 cm³/mol. The normalized spacial score (nSPS) is 24.1.